The smallest absolute Gasteiger partial charge is 0.0439 e. The summed E-state index contributed by atoms with van der Waals surface area (Å²) < 4.78 is 0. The van der Waals surface area contributed by atoms with E-state index in [4.69, 9.17) is 6.42 Å². The van der Waals surface area contributed by atoms with Gasteiger partial charge in [-0.3, -0.25) is 4.98 Å². The lowest BCUT2D eigenvalue weighted by atomic mass is 10.2. The molecule has 11 heavy (non-hydrogen) atoms. The summed E-state index contributed by atoms with van der Waals surface area (Å²) in [4.78, 5) is 4.06. The van der Waals surface area contributed by atoms with Crippen LogP contribution in [0.4, 0.5) is 0 Å². The van der Waals surface area contributed by atoms with E-state index in [1.165, 1.54) is 0 Å². The largest absolute Gasteiger partial charge is 0.260 e. The SMILES string of the molecule is C#CC#Cc1ccc(C)nc1. The van der Waals surface area contributed by atoms with E-state index in [9.17, 15) is 0 Å². The summed E-state index contributed by atoms with van der Waals surface area (Å²) in [7, 11) is 0. The van der Waals surface area contributed by atoms with Crippen LogP contribution in [0, 0.1) is 31.1 Å². The molecule has 0 atom stereocenters. The molecule has 1 heterocycles. The lowest BCUT2D eigenvalue weighted by Gasteiger charge is -1.89. The molecule has 0 fully saturated rings. The Morgan fingerprint density at radius 3 is 2.82 bits per heavy atom. The first-order valence-corrected chi connectivity index (χ1v) is 3.22. The van der Waals surface area contributed by atoms with Gasteiger partial charge in [0, 0.05) is 17.5 Å². The molecule has 0 spiro atoms. The number of pyridine rings is 1. The number of rotatable bonds is 0. The Balaban J connectivity index is 2.93. The van der Waals surface area contributed by atoms with Crippen LogP contribution in [0.5, 0.6) is 0 Å². The second-order valence-electron chi connectivity index (χ2n) is 2.08. The van der Waals surface area contributed by atoms with Gasteiger partial charge < -0.3 is 0 Å². The third-order valence-corrected chi connectivity index (χ3v) is 1.19. The van der Waals surface area contributed by atoms with E-state index < -0.39 is 0 Å². The predicted molar refractivity (Wildman–Crippen MR) is 44.7 cm³/mol. The normalized spacial score (nSPS) is 7.64. The maximum Gasteiger partial charge on any atom is 0.0439 e. The van der Waals surface area contributed by atoms with Gasteiger partial charge in [-0.05, 0) is 30.9 Å². The Morgan fingerprint density at radius 2 is 2.27 bits per heavy atom. The minimum atomic E-state index is 0.855. The van der Waals surface area contributed by atoms with Crippen LogP contribution in [0.3, 0.4) is 0 Å². The van der Waals surface area contributed by atoms with Crippen LogP contribution in [-0.4, -0.2) is 4.98 Å². The predicted octanol–water partition coefficient (Wildman–Crippen LogP) is 1.37. The molecule has 1 aromatic heterocycles. The highest BCUT2D eigenvalue weighted by molar-refractivity contribution is 5.37. The van der Waals surface area contributed by atoms with Gasteiger partial charge in [0.1, 0.15) is 0 Å². The van der Waals surface area contributed by atoms with Crippen LogP contribution in [0.15, 0.2) is 18.3 Å². The molecule has 0 bridgehead atoms. The number of hydrogen-bond acceptors (Lipinski definition) is 1. The van der Waals surface area contributed by atoms with E-state index in [0.717, 1.165) is 11.3 Å². The highest BCUT2D eigenvalue weighted by atomic mass is 14.6. The molecule has 1 aromatic rings. The minimum Gasteiger partial charge on any atom is -0.260 e. The van der Waals surface area contributed by atoms with E-state index in [0.29, 0.717) is 0 Å². The van der Waals surface area contributed by atoms with E-state index >= 15 is 0 Å². The summed E-state index contributed by atoms with van der Waals surface area (Å²) in [6.45, 7) is 1.93. The highest BCUT2D eigenvalue weighted by Gasteiger charge is 1.85. The van der Waals surface area contributed by atoms with Gasteiger partial charge in [0.2, 0.25) is 0 Å². The summed E-state index contributed by atoms with van der Waals surface area (Å²) in [5.41, 5.74) is 1.84. The minimum absolute atomic E-state index is 0.855. The standard InChI is InChI=1S/C10H7N/c1-3-4-5-10-7-6-9(2)11-8-10/h1,6-8H,2H3. The topological polar surface area (TPSA) is 12.9 Å². The van der Waals surface area contributed by atoms with Crippen molar-refractivity contribution in [3.63, 3.8) is 0 Å². The van der Waals surface area contributed by atoms with E-state index in [1.54, 1.807) is 6.20 Å². The third kappa shape index (κ3) is 2.16. The van der Waals surface area contributed by atoms with Gasteiger partial charge >= 0.3 is 0 Å². The first kappa shape index (κ1) is 7.38. The average molecular weight is 141 g/mol. The Morgan fingerprint density at radius 1 is 1.45 bits per heavy atom. The van der Waals surface area contributed by atoms with Crippen molar-refractivity contribution in [2.45, 2.75) is 6.92 Å². The molecule has 1 rings (SSSR count). The van der Waals surface area contributed by atoms with E-state index in [-0.39, 0.29) is 0 Å². The molecule has 0 radical (unpaired) electrons. The molecule has 0 aliphatic rings. The second kappa shape index (κ2) is 3.44. The van der Waals surface area contributed by atoms with Crippen molar-refractivity contribution in [3.8, 4) is 24.2 Å². The van der Waals surface area contributed by atoms with Gasteiger partial charge in [0.15, 0.2) is 0 Å². The Bertz CT molecular complexity index is 330. The van der Waals surface area contributed by atoms with E-state index in [1.807, 2.05) is 19.1 Å². The van der Waals surface area contributed by atoms with Gasteiger partial charge in [0.05, 0.1) is 0 Å². The summed E-state index contributed by atoms with van der Waals surface area (Å²) >= 11 is 0. The van der Waals surface area contributed by atoms with Crippen molar-refractivity contribution in [1.82, 2.24) is 4.98 Å². The number of aromatic nitrogens is 1. The fourth-order valence-corrected chi connectivity index (χ4v) is 0.650. The fourth-order valence-electron chi connectivity index (χ4n) is 0.650. The van der Waals surface area contributed by atoms with Crippen molar-refractivity contribution >= 4 is 0 Å². The molecule has 1 nitrogen and oxygen atoms in total. The molecule has 0 saturated heterocycles. The van der Waals surface area contributed by atoms with Crippen molar-refractivity contribution in [2.75, 3.05) is 0 Å². The molecule has 0 amide bonds. The monoisotopic (exact) mass is 141 g/mol. The van der Waals surface area contributed by atoms with Crippen LogP contribution >= 0.6 is 0 Å². The number of nitrogens with zero attached hydrogens (tertiary/aromatic N) is 1. The average Bonchev–Trinajstić information content (AvgIpc) is 2.04. The molecule has 0 aromatic carbocycles. The second-order valence-corrected chi connectivity index (χ2v) is 2.08. The summed E-state index contributed by atoms with van der Waals surface area (Å²) in [5, 5.41) is 0. The summed E-state index contributed by atoms with van der Waals surface area (Å²) in [6, 6.07) is 3.80. The molecule has 0 aliphatic carbocycles. The van der Waals surface area contributed by atoms with Crippen molar-refractivity contribution in [2.24, 2.45) is 0 Å². The first-order valence-electron chi connectivity index (χ1n) is 3.22. The molecule has 52 valence electrons. The van der Waals surface area contributed by atoms with Crippen molar-refractivity contribution in [1.29, 1.82) is 0 Å². The molecule has 0 saturated carbocycles. The molecule has 0 N–H and O–H groups in total. The number of terminal acetylenes is 1. The summed E-state index contributed by atoms with van der Waals surface area (Å²) in [6.07, 6.45) is 6.67. The number of aryl methyl sites for hydroxylation is 1. The van der Waals surface area contributed by atoms with Crippen LogP contribution in [0.25, 0.3) is 0 Å². The molecule has 0 unspecified atom stereocenters. The molecular weight excluding hydrogens is 134 g/mol. The van der Waals surface area contributed by atoms with Gasteiger partial charge in [-0.2, -0.15) is 0 Å². The van der Waals surface area contributed by atoms with Gasteiger partial charge in [-0.1, -0.05) is 5.92 Å². The fraction of sp³-hybridized carbons (Fsp3) is 0.100. The number of hydrogen-bond donors (Lipinski definition) is 0. The van der Waals surface area contributed by atoms with Gasteiger partial charge in [-0.25, -0.2) is 0 Å². The lowest BCUT2D eigenvalue weighted by Crippen LogP contribution is -1.80. The summed E-state index contributed by atoms with van der Waals surface area (Å²) in [5.74, 6) is 7.54. The van der Waals surface area contributed by atoms with Crippen LogP contribution in [0.1, 0.15) is 11.3 Å². The Kier molecular flexibility index (Phi) is 2.31. The zero-order chi connectivity index (χ0) is 8.10. The maximum absolute atomic E-state index is 4.96. The Labute approximate surface area is 66.5 Å². The quantitative estimate of drug-likeness (QED) is 0.497. The zero-order valence-electron chi connectivity index (χ0n) is 6.26. The van der Waals surface area contributed by atoms with Crippen LogP contribution in [0.2, 0.25) is 0 Å². The molecule has 1 heteroatoms. The van der Waals surface area contributed by atoms with Crippen molar-refractivity contribution in [3.05, 3.63) is 29.6 Å². The van der Waals surface area contributed by atoms with Gasteiger partial charge in [0.25, 0.3) is 0 Å². The Hall–Kier alpha value is -1.73. The molecular formula is C10H7N. The molecule has 0 aliphatic heterocycles. The van der Waals surface area contributed by atoms with Crippen LogP contribution in [-0.2, 0) is 0 Å². The van der Waals surface area contributed by atoms with E-state index in [2.05, 4.69) is 22.7 Å². The first-order chi connectivity index (χ1) is 5.33. The van der Waals surface area contributed by atoms with Crippen LogP contribution < -0.4 is 0 Å². The van der Waals surface area contributed by atoms with Crippen molar-refractivity contribution < 1.29 is 0 Å². The maximum atomic E-state index is 4.96. The zero-order valence-corrected chi connectivity index (χ0v) is 6.26. The lowest BCUT2D eigenvalue weighted by molar-refractivity contribution is 1.19. The highest BCUT2D eigenvalue weighted by Crippen LogP contribution is 1.95. The third-order valence-electron chi connectivity index (χ3n) is 1.19. The van der Waals surface area contributed by atoms with Gasteiger partial charge in [-0.15, -0.1) is 6.42 Å².